The van der Waals surface area contributed by atoms with E-state index < -0.39 is 5.54 Å². The van der Waals surface area contributed by atoms with Gasteiger partial charge in [-0.25, -0.2) is 9.37 Å². The van der Waals surface area contributed by atoms with Gasteiger partial charge in [-0.1, -0.05) is 25.0 Å². The second kappa shape index (κ2) is 8.18. The summed E-state index contributed by atoms with van der Waals surface area (Å²) in [7, 11) is 0. The average Bonchev–Trinajstić information content (AvgIpc) is 3.21. The number of carbonyl (C=O) groups is 1. The quantitative estimate of drug-likeness (QED) is 0.680. The maximum absolute atomic E-state index is 13.4. The van der Waals surface area contributed by atoms with Gasteiger partial charge < -0.3 is 10.3 Å². The zero-order valence-electron chi connectivity index (χ0n) is 16.7. The standard InChI is InChI=1S/C23H23FN4O2/c1-15-19(22(30)27-21(26-15)16-5-4-12-25-14-16)13-20(29)28-23(10-2-3-11-23)17-6-8-18(24)9-7-17/h4-9,12,14H,2-3,10-11,13H2,1H3,(H,28,29)(H,26,27,30). The molecule has 1 aliphatic carbocycles. The van der Waals surface area contributed by atoms with Gasteiger partial charge >= 0.3 is 0 Å². The van der Waals surface area contributed by atoms with Crippen molar-refractivity contribution < 1.29 is 9.18 Å². The highest BCUT2D eigenvalue weighted by Crippen LogP contribution is 2.38. The summed E-state index contributed by atoms with van der Waals surface area (Å²) in [5, 5.41) is 3.13. The first kappa shape index (κ1) is 19.9. The zero-order valence-corrected chi connectivity index (χ0v) is 16.7. The van der Waals surface area contributed by atoms with Crippen LogP contribution in [0.2, 0.25) is 0 Å². The normalized spacial score (nSPS) is 15.1. The second-order valence-corrected chi connectivity index (χ2v) is 7.74. The molecule has 154 valence electrons. The van der Waals surface area contributed by atoms with E-state index in [1.54, 1.807) is 37.5 Å². The van der Waals surface area contributed by atoms with E-state index in [1.165, 1.54) is 12.1 Å². The van der Waals surface area contributed by atoms with Gasteiger partial charge in [-0.2, -0.15) is 0 Å². The third kappa shape index (κ3) is 4.01. The smallest absolute Gasteiger partial charge is 0.255 e. The molecule has 2 heterocycles. The minimum absolute atomic E-state index is 0.0650. The SMILES string of the molecule is Cc1nc(-c2cccnc2)[nH]c(=O)c1CC(=O)NC1(c2ccc(F)cc2)CCCC1. The van der Waals surface area contributed by atoms with E-state index >= 15 is 0 Å². The molecule has 0 unspecified atom stereocenters. The molecule has 0 aliphatic heterocycles. The lowest BCUT2D eigenvalue weighted by Crippen LogP contribution is -2.45. The Morgan fingerprint density at radius 1 is 1.20 bits per heavy atom. The van der Waals surface area contributed by atoms with Crippen LogP contribution in [0.1, 0.15) is 42.5 Å². The number of H-pyrrole nitrogens is 1. The van der Waals surface area contributed by atoms with Gasteiger partial charge in [0.25, 0.3) is 5.56 Å². The monoisotopic (exact) mass is 406 g/mol. The Balaban J connectivity index is 1.56. The number of aromatic nitrogens is 3. The molecular weight excluding hydrogens is 383 g/mol. The Labute approximate surface area is 173 Å². The van der Waals surface area contributed by atoms with Crippen LogP contribution >= 0.6 is 0 Å². The van der Waals surface area contributed by atoms with E-state index in [9.17, 15) is 14.0 Å². The molecule has 1 aliphatic rings. The van der Waals surface area contributed by atoms with Crippen molar-refractivity contribution in [2.24, 2.45) is 0 Å². The largest absolute Gasteiger partial charge is 0.346 e. The molecule has 30 heavy (non-hydrogen) atoms. The van der Waals surface area contributed by atoms with Crippen LogP contribution in [0.3, 0.4) is 0 Å². The number of aryl methyl sites for hydroxylation is 1. The third-order valence-corrected chi connectivity index (χ3v) is 5.73. The van der Waals surface area contributed by atoms with E-state index in [1.807, 2.05) is 6.07 Å². The van der Waals surface area contributed by atoms with E-state index in [2.05, 4.69) is 20.3 Å². The Morgan fingerprint density at radius 2 is 1.93 bits per heavy atom. The van der Waals surface area contributed by atoms with Crippen molar-refractivity contribution in [2.75, 3.05) is 0 Å². The summed E-state index contributed by atoms with van der Waals surface area (Å²) in [6.07, 6.45) is 6.75. The van der Waals surface area contributed by atoms with Crippen molar-refractivity contribution >= 4 is 5.91 Å². The van der Waals surface area contributed by atoms with Crippen LogP contribution in [0.15, 0.2) is 53.6 Å². The number of hydrogen-bond acceptors (Lipinski definition) is 4. The van der Waals surface area contributed by atoms with Crippen LogP contribution in [-0.2, 0) is 16.8 Å². The number of carbonyl (C=O) groups excluding carboxylic acids is 1. The predicted molar refractivity (Wildman–Crippen MR) is 111 cm³/mol. The van der Waals surface area contributed by atoms with Crippen LogP contribution in [0.25, 0.3) is 11.4 Å². The van der Waals surface area contributed by atoms with Crippen LogP contribution in [-0.4, -0.2) is 20.9 Å². The molecule has 0 spiro atoms. The maximum Gasteiger partial charge on any atom is 0.255 e. The first-order valence-corrected chi connectivity index (χ1v) is 10.0. The summed E-state index contributed by atoms with van der Waals surface area (Å²) in [6.45, 7) is 1.73. The van der Waals surface area contributed by atoms with E-state index in [-0.39, 0.29) is 23.7 Å². The molecule has 0 radical (unpaired) electrons. The summed E-state index contributed by atoms with van der Waals surface area (Å²) in [4.78, 5) is 36.8. The zero-order chi connectivity index (χ0) is 21.1. The van der Waals surface area contributed by atoms with Crippen LogP contribution in [0, 0.1) is 12.7 Å². The van der Waals surface area contributed by atoms with Crippen molar-refractivity contribution in [1.82, 2.24) is 20.3 Å². The lowest BCUT2D eigenvalue weighted by molar-refractivity contribution is -0.122. The van der Waals surface area contributed by atoms with E-state index in [0.29, 0.717) is 22.6 Å². The van der Waals surface area contributed by atoms with Gasteiger partial charge in [0.2, 0.25) is 5.91 Å². The van der Waals surface area contributed by atoms with Crippen molar-refractivity contribution in [3.63, 3.8) is 0 Å². The van der Waals surface area contributed by atoms with E-state index in [0.717, 1.165) is 31.2 Å². The maximum atomic E-state index is 13.4. The molecule has 1 aromatic carbocycles. The summed E-state index contributed by atoms with van der Waals surface area (Å²) >= 11 is 0. The number of pyridine rings is 1. The van der Waals surface area contributed by atoms with Gasteiger partial charge in [0.05, 0.1) is 12.0 Å². The minimum Gasteiger partial charge on any atom is -0.346 e. The summed E-state index contributed by atoms with van der Waals surface area (Å²) in [5.41, 5.74) is 1.59. The minimum atomic E-state index is -0.519. The molecule has 0 atom stereocenters. The summed E-state index contributed by atoms with van der Waals surface area (Å²) in [5.74, 6) is -0.126. The number of benzene rings is 1. The lowest BCUT2D eigenvalue weighted by Gasteiger charge is -2.31. The Morgan fingerprint density at radius 3 is 2.57 bits per heavy atom. The van der Waals surface area contributed by atoms with Crippen molar-refractivity contribution in [3.8, 4) is 11.4 Å². The molecule has 4 rings (SSSR count). The molecule has 3 aromatic rings. The number of rotatable bonds is 5. The lowest BCUT2D eigenvalue weighted by atomic mass is 9.87. The van der Waals surface area contributed by atoms with Crippen molar-refractivity contribution in [3.05, 3.63) is 81.8 Å². The van der Waals surface area contributed by atoms with Gasteiger partial charge in [-0.05, 0) is 49.6 Å². The second-order valence-electron chi connectivity index (χ2n) is 7.74. The fraction of sp³-hybridized carbons (Fsp3) is 0.304. The fourth-order valence-corrected chi connectivity index (χ4v) is 4.16. The van der Waals surface area contributed by atoms with Gasteiger partial charge in [0.15, 0.2) is 0 Å². The molecule has 6 nitrogen and oxygen atoms in total. The third-order valence-electron chi connectivity index (χ3n) is 5.73. The molecule has 1 amide bonds. The Kier molecular flexibility index (Phi) is 5.44. The molecule has 1 fully saturated rings. The number of nitrogens with zero attached hydrogens (tertiary/aromatic N) is 2. The topological polar surface area (TPSA) is 87.7 Å². The molecule has 2 N–H and O–H groups in total. The van der Waals surface area contributed by atoms with Gasteiger partial charge in [0.1, 0.15) is 11.6 Å². The molecule has 2 aromatic heterocycles. The number of nitrogens with one attached hydrogen (secondary N) is 2. The van der Waals surface area contributed by atoms with Crippen molar-refractivity contribution in [1.29, 1.82) is 0 Å². The first-order valence-electron chi connectivity index (χ1n) is 10.0. The highest BCUT2D eigenvalue weighted by molar-refractivity contribution is 5.80. The molecule has 0 saturated heterocycles. The number of hydrogen-bond donors (Lipinski definition) is 2. The number of aromatic amines is 1. The van der Waals surface area contributed by atoms with Crippen LogP contribution in [0.4, 0.5) is 4.39 Å². The van der Waals surface area contributed by atoms with Crippen LogP contribution in [0.5, 0.6) is 0 Å². The number of amides is 1. The average molecular weight is 406 g/mol. The van der Waals surface area contributed by atoms with Gasteiger partial charge in [-0.15, -0.1) is 0 Å². The molecular formula is C23H23FN4O2. The fourth-order valence-electron chi connectivity index (χ4n) is 4.16. The Bertz CT molecular complexity index is 1100. The molecule has 1 saturated carbocycles. The van der Waals surface area contributed by atoms with E-state index in [4.69, 9.17) is 0 Å². The predicted octanol–water partition coefficient (Wildman–Crippen LogP) is 3.41. The van der Waals surface area contributed by atoms with Gasteiger partial charge in [-0.3, -0.25) is 14.6 Å². The van der Waals surface area contributed by atoms with Crippen LogP contribution < -0.4 is 10.9 Å². The highest BCUT2D eigenvalue weighted by Gasteiger charge is 2.37. The van der Waals surface area contributed by atoms with Gasteiger partial charge in [0, 0.05) is 29.2 Å². The highest BCUT2D eigenvalue weighted by atomic mass is 19.1. The number of halogens is 1. The molecule has 7 heteroatoms. The summed E-state index contributed by atoms with van der Waals surface area (Å²) in [6, 6.07) is 9.85. The Hall–Kier alpha value is -3.35. The summed E-state index contributed by atoms with van der Waals surface area (Å²) < 4.78 is 13.4. The first-order chi connectivity index (χ1) is 14.5. The molecule has 0 bridgehead atoms. The van der Waals surface area contributed by atoms with Crippen molar-refractivity contribution in [2.45, 2.75) is 44.6 Å².